The van der Waals surface area contributed by atoms with E-state index in [1.54, 1.807) is 24.4 Å². The largest absolute Gasteiger partial charge is 0.494 e. The molecule has 3 aromatic rings. The average molecular weight is 518 g/mol. The van der Waals surface area contributed by atoms with Crippen molar-refractivity contribution in [2.75, 3.05) is 25.0 Å². The summed E-state index contributed by atoms with van der Waals surface area (Å²) in [7, 11) is 0. The lowest BCUT2D eigenvalue weighted by Gasteiger charge is -2.26. The van der Waals surface area contributed by atoms with E-state index in [0.717, 1.165) is 27.6 Å². The number of nitrogens with one attached hydrogen (secondary N) is 2. The van der Waals surface area contributed by atoms with Crippen molar-refractivity contribution in [3.8, 4) is 11.8 Å². The van der Waals surface area contributed by atoms with Crippen molar-refractivity contribution in [2.24, 2.45) is 0 Å². The summed E-state index contributed by atoms with van der Waals surface area (Å²) in [6.07, 6.45) is 3.46. The van der Waals surface area contributed by atoms with Gasteiger partial charge in [-0.1, -0.05) is 13.0 Å². The number of carbonyl (C=O) groups excluding carboxylic acids is 2. The Kier molecular flexibility index (Phi) is 8.75. The monoisotopic (exact) mass is 517 g/mol. The third kappa shape index (κ3) is 6.86. The van der Waals surface area contributed by atoms with Gasteiger partial charge >= 0.3 is 6.03 Å². The molecule has 0 radical (unpaired) electrons. The van der Waals surface area contributed by atoms with Gasteiger partial charge in [0, 0.05) is 42.7 Å². The van der Waals surface area contributed by atoms with Crippen LogP contribution in [-0.2, 0) is 24.2 Å². The molecule has 9 heteroatoms. The van der Waals surface area contributed by atoms with Crippen molar-refractivity contribution in [3.05, 3.63) is 75.9 Å². The molecule has 1 atom stereocenters. The number of thiophene rings is 1. The highest BCUT2D eigenvalue weighted by molar-refractivity contribution is 7.16. The van der Waals surface area contributed by atoms with Crippen LogP contribution in [0.25, 0.3) is 0 Å². The summed E-state index contributed by atoms with van der Waals surface area (Å²) >= 11 is 1.51. The zero-order valence-electron chi connectivity index (χ0n) is 21.1. The van der Waals surface area contributed by atoms with Crippen molar-refractivity contribution < 1.29 is 14.3 Å². The van der Waals surface area contributed by atoms with E-state index in [9.17, 15) is 14.9 Å². The SMILES string of the molecule is CCOc1ccc(C#N)cc1C(C)CC(=O)Nc1cc2c(s1)CN(C(=O)NCCc1ccccn1)CC2. The summed E-state index contributed by atoms with van der Waals surface area (Å²) in [5.74, 6) is 0.488. The second-order valence-corrected chi connectivity index (χ2v) is 10.1. The quantitative estimate of drug-likeness (QED) is 0.422. The molecule has 0 spiro atoms. The van der Waals surface area contributed by atoms with E-state index in [4.69, 9.17) is 4.74 Å². The number of nitriles is 1. The van der Waals surface area contributed by atoms with Crippen LogP contribution in [0.5, 0.6) is 5.75 Å². The lowest BCUT2D eigenvalue weighted by molar-refractivity contribution is -0.116. The maximum atomic E-state index is 12.9. The highest BCUT2D eigenvalue weighted by Gasteiger charge is 2.24. The van der Waals surface area contributed by atoms with Crippen LogP contribution < -0.4 is 15.4 Å². The van der Waals surface area contributed by atoms with Crippen LogP contribution >= 0.6 is 11.3 Å². The van der Waals surface area contributed by atoms with Gasteiger partial charge in [-0.25, -0.2) is 4.79 Å². The number of fused-ring (bicyclic) bond motifs is 1. The molecular weight excluding hydrogens is 486 g/mol. The van der Waals surface area contributed by atoms with Crippen LogP contribution in [-0.4, -0.2) is 41.5 Å². The maximum absolute atomic E-state index is 12.9. The molecule has 0 saturated heterocycles. The third-order valence-corrected chi connectivity index (χ3v) is 7.35. The van der Waals surface area contributed by atoms with Crippen LogP contribution in [0.2, 0.25) is 0 Å². The smallest absolute Gasteiger partial charge is 0.317 e. The van der Waals surface area contributed by atoms with E-state index >= 15 is 0 Å². The number of carbonyl (C=O) groups is 2. The number of nitrogens with zero attached hydrogens (tertiary/aromatic N) is 3. The molecule has 0 saturated carbocycles. The second kappa shape index (κ2) is 12.4. The number of aromatic nitrogens is 1. The van der Waals surface area contributed by atoms with Crippen molar-refractivity contribution >= 4 is 28.3 Å². The van der Waals surface area contributed by atoms with Gasteiger partial charge in [-0.3, -0.25) is 9.78 Å². The second-order valence-electron chi connectivity index (χ2n) is 8.98. The molecule has 1 aliphatic rings. The van der Waals surface area contributed by atoms with E-state index in [1.165, 1.54) is 16.9 Å². The first kappa shape index (κ1) is 26.2. The number of pyridine rings is 1. The van der Waals surface area contributed by atoms with Gasteiger partial charge in [0.1, 0.15) is 5.75 Å². The molecule has 2 aromatic heterocycles. The highest BCUT2D eigenvalue weighted by atomic mass is 32.1. The van der Waals surface area contributed by atoms with Gasteiger partial charge in [0.05, 0.1) is 29.8 Å². The minimum Gasteiger partial charge on any atom is -0.494 e. The maximum Gasteiger partial charge on any atom is 0.317 e. The topological polar surface area (TPSA) is 107 Å². The first-order valence-electron chi connectivity index (χ1n) is 12.5. The zero-order chi connectivity index (χ0) is 26.2. The number of hydrogen-bond acceptors (Lipinski definition) is 6. The van der Waals surface area contributed by atoms with E-state index in [2.05, 4.69) is 21.7 Å². The fourth-order valence-corrected chi connectivity index (χ4v) is 5.52. The number of anilines is 1. The van der Waals surface area contributed by atoms with E-state index in [0.29, 0.717) is 44.0 Å². The first-order valence-corrected chi connectivity index (χ1v) is 13.3. The van der Waals surface area contributed by atoms with Crippen molar-refractivity contribution in [1.29, 1.82) is 5.26 Å². The number of rotatable bonds is 9. The van der Waals surface area contributed by atoms with Crippen molar-refractivity contribution in [2.45, 2.75) is 45.6 Å². The molecule has 8 nitrogen and oxygen atoms in total. The van der Waals surface area contributed by atoms with Crippen LogP contribution in [0.3, 0.4) is 0 Å². The molecule has 0 fully saturated rings. The molecule has 1 unspecified atom stereocenters. The Morgan fingerprint density at radius 2 is 2.14 bits per heavy atom. The Morgan fingerprint density at radius 1 is 1.27 bits per heavy atom. The Morgan fingerprint density at radius 3 is 2.89 bits per heavy atom. The van der Waals surface area contributed by atoms with Crippen LogP contribution in [0, 0.1) is 11.3 Å². The summed E-state index contributed by atoms with van der Waals surface area (Å²) in [5.41, 5.74) is 3.52. The van der Waals surface area contributed by atoms with Gasteiger partial charge in [-0.2, -0.15) is 5.26 Å². The predicted octanol–water partition coefficient (Wildman–Crippen LogP) is 4.86. The highest BCUT2D eigenvalue weighted by Crippen LogP contribution is 2.33. The van der Waals surface area contributed by atoms with Crippen LogP contribution in [0.1, 0.15) is 53.4 Å². The lowest BCUT2D eigenvalue weighted by Crippen LogP contribution is -2.43. The van der Waals surface area contributed by atoms with Crippen molar-refractivity contribution in [1.82, 2.24) is 15.2 Å². The van der Waals surface area contributed by atoms with E-state index in [-0.39, 0.29) is 24.3 Å². The number of urea groups is 1. The Labute approximate surface area is 221 Å². The lowest BCUT2D eigenvalue weighted by atomic mass is 9.95. The standard InChI is InChI=1S/C28H31N5O3S/c1-3-36-24-8-7-20(17-29)15-23(24)19(2)14-26(34)32-27-16-21-10-13-33(18-25(21)37-27)28(35)31-12-9-22-6-4-5-11-30-22/h4-8,11,15-16,19H,3,9-10,12-14,18H2,1-2H3,(H,31,35)(H,32,34). The number of hydrogen-bond donors (Lipinski definition) is 2. The molecule has 3 heterocycles. The first-order chi connectivity index (χ1) is 18.0. The molecule has 192 valence electrons. The van der Waals surface area contributed by atoms with Gasteiger partial charge in [-0.05, 0) is 66.8 Å². The summed E-state index contributed by atoms with van der Waals surface area (Å²) < 4.78 is 5.71. The van der Waals surface area contributed by atoms with Gasteiger partial charge in [0.25, 0.3) is 0 Å². The van der Waals surface area contributed by atoms with Gasteiger partial charge in [-0.15, -0.1) is 11.3 Å². The summed E-state index contributed by atoms with van der Waals surface area (Å²) in [6, 6.07) is 15.2. The molecule has 3 amide bonds. The zero-order valence-corrected chi connectivity index (χ0v) is 21.9. The number of benzene rings is 1. The molecule has 37 heavy (non-hydrogen) atoms. The Hall–Kier alpha value is -3.90. The van der Waals surface area contributed by atoms with Crippen LogP contribution in [0.15, 0.2) is 48.7 Å². The average Bonchev–Trinajstić information content (AvgIpc) is 3.30. The molecule has 0 aliphatic carbocycles. The summed E-state index contributed by atoms with van der Waals surface area (Å²) in [5, 5.41) is 16.1. The molecular formula is C28H31N5O3S. The number of amides is 3. The minimum absolute atomic E-state index is 0.0842. The minimum atomic E-state index is -0.116. The Balaban J connectivity index is 1.31. The molecule has 1 aromatic carbocycles. The summed E-state index contributed by atoms with van der Waals surface area (Å²) in [4.78, 5) is 32.7. The molecule has 2 N–H and O–H groups in total. The fourth-order valence-electron chi connectivity index (χ4n) is 4.38. The van der Waals surface area contributed by atoms with Crippen LogP contribution in [0.4, 0.5) is 9.80 Å². The van der Waals surface area contributed by atoms with Gasteiger partial charge in [0.15, 0.2) is 0 Å². The Bertz CT molecular complexity index is 1280. The van der Waals surface area contributed by atoms with Gasteiger partial charge in [0.2, 0.25) is 5.91 Å². The molecule has 0 bridgehead atoms. The van der Waals surface area contributed by atoms with Crippen molar-refractivity contribution in [3.63, 3.8) is 0 Å². The normalized spacial score (nSPS) is 13.3. The molecule has 1 aliphatic heterocycles. The summed E-state index contributed by atoms with van der Waals surface area (Å²) in [6.45, 7) is 6.08. The van der Waals surface area contributed by atoms with E-state index in [1.807, 2.05) is 43.0 Å². The third-order valence-electron chi connectivity index (χ3n) is 6.28. The number of ether oxygens (including phenoxy) is 1. The molecule has 4 rings (SSSR count). The van der Waals surface area contributed by atoms with E-state index < -0.39 is 0 Å². The predicted molar refractivity (Wildman–Crippen MR) is 144 cm³/mol. The fraction of sp³-hybridized carbons (Fsp3) is 0.357. The van der Waals surface area contributed by atoms with Gasteiger partial charge < -0.3 is 20.3 Å².